The molecule has 1 aromatic carbocycles. The molecule has 0 unspecified atom stereocenters. The SMILES string of the molecule is CC(C)(C)[C@@H]1Cc2cc3cc[c]cc3nc2N1. The van der Waals surface area contributed by atoms with Gasteiger partial charge in [0.2, 0.25) is 0 Å². The van der Waals surface area contributed by atoms with Crippen LogP contribution in [0.3, 0.4) is 0 Å². The summed E-state index contributed by atoms with van der Waals surface area (Å²) in [6.07, 6.45) is 1.07. The molecule has 0 saturated carbocycles. The predicted octanol–water partition coefficient (Wildman–Crippen LogP) is 3.42. The Morgan fingerprint density at radius 3 is 3.00 bits per heavy atom. The topological polar surface area (TPSA) is 24.9 Å². The number of fused-ring (bicyclic) bond motifs is 2. The largest absolute Gasteiger partial charge is 0.366 e. The van der Waals surface area contributed by atoms with Crippen LogP contribution < -0.4 is 5.32 Å². The molecule has 0 aliphatic carbocycles. The molecule has 0 fully saturated rings. The van der Waals surface area contributed by atoms with Crippen molar-refractivity contribution < 1.29 is 0 Å². The molecule has 1 atom stereocenters. The van der Waals surface area contributed by atoms with Gasteiger partial charge in [-0.3, -0.25) is 0 Å². The molecule has 17 heavy (non-hydrogen) atoms. The summed E-state index contributed by atoms with van der Waals surface area (Å²) in [7, 11) is 0. The maximum absolute atomic E-state index is 4.68. The van der Waals surface area contributed by atoms with Crippen molar-refractivity contribution in [2.75, 3.05) is 5.32 Å². The smallest absolute Gasteiger partial charge is 0.130 e. The summed E-state index contributed by atoms with van der Waals surface area (Å²) in [6.45, 7) is 6.80. The monoisotopic (exact) mass is 225 g/mol. The summed E-state index contributed by atoms with van der Waals surface area (Å²) in [5.74, 6) is 1.05. The van der Waals surface area contributed by atoms with Gasteiger partial charge in [-0.1, -0.05) is 32.9 Å². The van der Waals surface area contributed by atoms with E-state index in [-0.39, 0.29) is 5.41 Å². The first-order valence-electron chi connectivity index (χ1n) is 6.10. The molecular formula is C15H17N2. The van der Waals surface area contributed by atoms with Crippen LogP contribution >= 0.6 is 0 Å². The van der Waals surface area contributed by atoms with Crippen molar-refractivity contribution in [3.63, 3.8) is 0 Å². The fourth-order valence-electron chi connectivity index (χ4n) is 2.34. The summed E-state index contributed by atoms with van der Waals surface area (Å²) in [5, 5.41) is 4.75. The Balaban J connectivity index is 2.06. The molecule has 1 aliphatic heterocycles. The second kappa shape index (κ2) is 3.46. The van der Waals surface area contributed by atoms with Gasteiger partial charge in [-0.25, -0.2) is 4.98 Å². The molecule has 0 spiro atoms. The Labute approximate surface area is 102 Å². The highest BCUT2D eigenvalue weighted by Crippen LogP contribution is 2.34. The van der Waals surface area contributed by atoms with Gasteiger partial charge in [0.05, 0.1) is 5.52 Å². The van der Waals surface area contributed by atoms with Crippen molar-refractivity contribution in [3.8, 4) is 0 Å². The summed E-state index contributed by atoms with van der Waals surface area (Å²) >= 11 is 0. The van der Waals surface area contributed by atoms with E-state index < -0.39 is 0 Å². The Morgan fingerprint density at radius 1 is 1.41 bits per heavy atom. The van der Waals surface area contributed by atoms with Crippen LogP contribution in [0.2, 0.25) is 0 Å². The molecule has 1 radical (unpaired) electrons. The average molecular weight is 225 g/mol. The van der Waals surface area contributed by atoms with E-state index in [1.807, 2.05) is 12.1 Å². The lowest BCUT2D eigenvalue weighted by Gasteiger charge is -2.26. The van der Waals surface area contributed by atoms with Crippen molar-refractivity contribution in [1.82, 2.24) is 4.98 Å². The first kappa shape index (κ1) is 10.6. The first-order chi connectivity index (χ1) is 8.04. The minimum Gasteiger partial charge on any atom is -0.366 e. The number of hydrogen-bond acceptors (Lipinski definition) is 2. The molecule has 2 heteroatoms. The number of benzene rings is 1. The maximum atomic E-state index is 4.68. The van der Waals surface area contributed by atoms with Gasteiger partial charge < -0.3 is 5.32 Å². The Bertz CT molecular complexity index is 522. The van der Waals surface area contributed by atoms with Crippen LogP contribution in [-0.4, -0.2) is 11.0 Å². The Hall–Kier alpha value is -1.57. The van der Waals surface area contributed by atoms with Crippen molar-refractivity contribution >= 4 is 16.7 Å². The fourth-order valence-corrected chi connectivity index (χ4v) is 2.34. The second-order valence-electron chi connectivity index (χ2n) is 5.88. The lowest BCUT2D eigenvalue weighted by atomic mass is 9.85. The van der Waals surface area contributed by atoms with Crippen LogP contribution in [0.5, 0.6) is 0 Å². The zero-order valence-electron chi connectivity index (χ0n) is 10.5. The lowest BCUT2D eigenvalue weighted by Crippen LogP contribution is -2.31. The van der Waals surface area contributed by atoms with Crippen LogP contribution in [0.15, 0.2) is 24.3 Å². The van der Waals surface area contributed by atoms with Gasteiger partial charge in [0.25, 0.3) is 0 Å². The van der Waals surface area contributed by atoms with Gasteiger partial charge in [0.1, 0.15) is 5.82 Å². The van der Waals surface area contributed by atoms with E-state index in [0.717, 1.165) is 17.8 Å². The van der Waals surface area contributed by atoms with Gasteiger partial charge in [-0.05, 0) is 35.6 Å². The second-order valence-corrected chi connectivity index (χ2v) is 5.88. The number of hydrogen-bond donors (Lipinski definition) is 1. The molecular weight excluding hydrogens is 208 g/mol. The highest BCUT2D eigenvalue weighted by atomic mass is 15.1. The molecule has 2 aromatic rings. The van der Waals surface area contributed by atoms with Crippen LogP contribution in [0.4, 0.5) is 5.82 Å². The van der Waals surface area contributed by atoms with Crippen molar-refractivity contribution in [2.45, 2.75) is 33.2 Å². The van der Waals surface area contributed by atoms with Gasteiger partial charge in [-0.2, -0.15) is 0 Å². The number of aromatic nitrogens is 1. The van der Waals surface area contributed by atoms with Crippen molar-refractivity contribution in [2.24, 2.45) is 5.41 Å². The number of nitrogens with one attached hydrogen (secondary N) is 1. The standard InChI is InChI=1S/C15H17N2/c1-15(2,3)13-9-11-8-10-6-4-5-7-12(10)16-14(11)17-13/h4,6-8,13H,9H2,1-3H3,(H,16,17)/t13-/m0/s1. The normalized spacial score (nSPS) is 19.1. The van der Waals surface area contributed by atoms with Crippen molar-refractivity contribution in [3.05, 3.63) is 35.9 Å². The van der Waals surface area contributed by atoms with Crippen LogP contribution in [0.1, 0.15) is 26.3 Å². The third kappa shape index (κ3) is 1.78. The Kier molecular flexibility index (Phi) is 2.15. The molecule has 1 aromatic heterocycles. The quantitative estimate of drug-likeness (QED) is 0.743. The van der Waals surface area contributed by atoms with Gasteiger partial charge in [0.15, 0.2) is 0 Å². The van der Waals surface area contributed by atoms with Crippen molar-refractivity contribution in [1.29, 1.82) is 0 Å². The summed E-state index contributed by atoms with van der Waals surface area (Å²) < 4.78 is 0. The molecule has 0 bridgehead atoms. The van der Waals surface area contributed by atoms with Crippen LogP contribution in [-0.2, 0) is 6.42 Å². The number of nitrogens with zero attached hydrogens (tertiary/aromatic N) is 1. The van der Waals surface area contributed by atoms with E-state index >= 15 is 0 Å². The molecule has 2 heterocycles. The molecule has 87 valence electrons. The molecule has 0 saturated heterocycles. The minimum absolute atomic E-state index is 0.263. The highest BCUT2D eigenvalue weighted by Gasteiger charge is 2.31. The van der Waals surface area contributed by atoms with E-state index in [1.54, 1.807) is 0 Å². The zero-order valence-corrected chi connectivity index (χ0v) is 10.5. The van der Waals surface area contributed by atoms with E-state index in [0.29, 0.717) is 6.04 Å². The summed E-state index contributed by atoms with van der Waals surface area (Å²) in [6, 6.07) is 11.8. The number of rotatable bonds is 0. The van der Waals surface area contributed by atoms with E-state index in [1.165, 1.54) is 10.9 Å². The van der Waals surface area contributed by atoms with Crippen LogP contribution in [0.25, 0.3) is 10.9 Å². The van der Waals surface area contributed by atoms with Gasteiger partial charge in [0, 0.05) is 11.4 Å². The van der Waals surface area contributed by atoms with Gasteiger partial charge >= 0.3 is 0 Å². The Morgan fingerprint density at radius 2 is 2.24 bits per heavy atom. The lowest BCUT2D eigenvalue weighted by molar-refractivity contribution is 0.347. The van der Waals surface area contributed by atoms with E-state index in [4.69, 9.17) is 0 Å². The molecule has 0 amide bonds. The van der Waals surface area contributed by atoms with E-state index in [2.05, 4.69) is 49.3 Å². The highest BCUT2D eigenvalue weighted by molar-refractivity contribution is 5.82. The molecule has 1 N–H and O–H groups in total. The third-order valence-corrected chi connectivity index (χ3v) is 3.52. The van der Waals surface area contributed by atoms with E-state index in [9.17, 15) is 0 Å². The molecule has 2 nitrogen and oxygen atoms in total. The fraction of sp³-hybridized carbons (Fsp3) is 0.400. The summed E-state index contributed by atoms with van der Waals surface area (Å²) in [4.78, 5) is 4.68. The first-order valence-corrected chi connectivity index (χ1v) is 6.10. The zero-order chi connectivity index (χ0) is 12.0. The number of anilines is 1. The molecule has 3 rings (SSSR count). The maximum Gasteiger partial charge on any atom is 0.130 e. The summed E-state index contributed by atoms with van der Waals surface area (Å²) in [5.41, 5.74) is 2.62. The van der Waals surface area contributed by atoms with Crippen LogP contribution in [0, 0.1) is 11.5 Å². The third-order valence-electron chi connectivity index (χ3n) is 3.52. The average Bonchev–Trinajstić information content (AvgIpc) is 2.68. The minimum atomic E-state index is 0.263. The predicted molar refractivity (Wildman–Crippen MR) is 71.1 cm³/mol. The number of pyridine rings is 1. The molecule has 1 aliphatic rings. The van der Waals surface area contributed by atoms with Gasteiger partial charge in [-0.15, -0.1) is 0 Å².